The number of rotatable bonds is 4. The third-order valence-electron chi connectivity index (χ3n) is 4.90. The summed E-state index contributed by atoms with van der Waals surface area (Å²) >= 11 is 5.51. The van der Waals surface area contributed by atoms with E-state index < -0.39 is 58.4 Å². The number of nitrogens with zero attached hydrogens (tertiary/aromatic N) is 1. The second-order valence-corrected chi connectivity index (χ2v) is 7.67. The molecule has 1 aliphatic rings. The summed E-state index contributed by atoms with van der Waals surface area (Å²) in [5.74, 6) is -2.02. The Balaban J connectivity index is 1.79. The van der Waals surface area contributed by atoms with Crippen LogP contribution >= 0.6 is 11.6 Å². The molecule has 2 aromatic carbocycles. The number of amides is 4. The van der Waals surface area contributed by atoms with Crippen LogP contribution in [0.1, 0.15) is 23.6 Å². The predicted octanol–water partition coefficient (Wildman–Crippen LogP) is 4.78. The first-order valence-electron chi connectivity index (χ1n) is 9.11. The number of carbonyl (C=O) groups excluding carboxylic acids is 3. The number of alkyl halides is 6. The van der Waals surface area contributed by atoms with Crippen molar-refractivity contribution in [3.05, 3.63) is 64.2 Å². The second-order valence-electron chi connectivity index (χ2n) is 7.27. The molecule has 0 aromatic heterocycles. The Morgan fingerprint density at radius 1 is 1.06 bits per heavy atom. The molecule has 0 radical (unpaired) electrons. The molecule has 13 heteroatoms. The molecule has 2 aromatic rings. The SMILES string of the molecule is CC1(c2cccc(C(F)(F)F)c2)NC(=O)N(CC(=O)Nc2ccc(Cl)c(C(F)(F)F)c2)C1=O. The van der Waals surface area contributed by atoms with Crippen LogP contribution in [0, 0.1) is 0 Å². The van der Waals surface area contributed by atoms with Crippen LogP contribution in [0.3, 0.4) is 0 Å². The minimum absolute atomic E-state index is 0.161. The van der Waals surface area contributed by atoms with Gasteiger partial charge in [-0.1, -0.05) is 23.7 Å². The van der Waals surface area contributed by atoms with Gasteiger partial charge in [0.2, 0.25) is 5.91 Å². The van der Waals surface area contributed by atoms with E-state index in [9.17, 15) is 40.7 Å². The van der Waals surface area contributed by atoms with Crippen molar-refractivity contribution < 1.29 is 40.7 Å². The van der Waals surface area contributed by atoms with E-state index in [4.69, 9.17) is 11.6 Å². The molecule has 176 valence electrons. The van der Waals surface area contributed by atoms with E-state index in [1.165, 1.54) is 13.0 Å². The Bertz CT molecular complexity index is 1130. The molecule has 1 fully saturated rings. The average Bonchev–Trinajstić information content (AvgIpc) is 2.92. The lowest BCUT2D eigenvalue weighted by Crippen LogP contribution is -2.42. The molecule has 2 N–H and O–H groups in total. The Labute approximate surface area is 187 Å². The fourth-order valence-corrected chi connectivity index (χ4v) is 3.43. The Kier molecular flexibility index (Phi) is 6.09. The topological polar surface area (TPSA) is 78.5 Å². The third kappa shape index (κ3) is 4.90. The number of hydrogen-bond acceptors (Lipinski definition) is 3. The molecule has 0 bridgehead atoms. The summed E-state index contributed by atoms with van der Waals surface area (Å²) in [5, 5.41) is 3.79. The van der Waals surface area contributed by atoms with Crippen molar-refractivity contribution >= 4 is 35.1 Å². The van der Waals surface area contributed by atoms with Gasteiger partial charge in [-0.2, -0.15) is 26.3 Å². The summed E-state index contributed by atoms with van der Waals surface area (Å²) < 4.78 is 78.0. The highest BCUT2D eigenvalue weighted by atomic mass is 35.5. The Morgan fingerprint density at radius 3 is 2.33 bits per heavy atom. The largest absolute Gasteiger partial charge is 0.417 e. The Morgan fingerprint density at radius 2 is 1.73 bits per heavy atom. The molecule has 33 heavy (non-hydrogen) atoms. The van der Waals surface area contributed by atoms with E-state index in [1.54, 1.807) is 0 Å². The summed E-state index contributed by atoms with van der Waals surface area (Å²) in [6.45, 7) is 0.290. The standard InChI is InChI=1S/C20H14ClF6N3O3/c1-18(10-3-2-4-11(7-10)19(22,23)24)16(32)30(17(33)29-18)9-15(31)28-12-5-6-14(21)13(8-12)20(25,26)27/h2-8H,9H2,1H3,(H,28,31)(H,29,33). The first-order valence-corrected chi connectivity index (χ1v) is 9.49. The van der Waals surface area contributed by atoms with Crippen LogP contribution in [0.5, 0.6) is 0 Å². The first kappa shape index (κ1) is 24.4. The molecule has 1 unspecified atom stereocenters. The predicted molar refractivity (Wildman–Crippen MR) is 104 cm³/mol. The molecule has 1 heterocycles. The van der Waals surface area contributed by atoms with Crippen molar-refractivity contribution in [2.45, 2.75) is 24.8 Å². The molecule has 0 aliphatic carbocycles. The molecule has 4 amide bonds. The minimum Gasteiger partial charge on any atom is -0.325 e. The van der Waals surface area contributed by atoms with Crippen LogP contribution in [0.15, 0.2) is 42.5 Å². The van der Waals surface area contributed by atoms with Gasteiger partial charge in [0.25, 0.3) is 5.91 Å². The number of halogens is 7. The first-order chi connectivity index (χ1) is 15.1. The molecule has 6 nitrogen and oxygen atoms in total. The molecule has 3 rings (SSSR count). The highest BCUT2D eigenvalue weighted by molar-refractivity contribution is 6.31. The van der Waals surface area contributed by atoms with E-state index >= 15 is 0 Å². The van der Waals surface area contributed by atoms with Crippen LogP contribution in [0.25, 0.3) is 0 Å². The maximum absolute atomic E-state index is 13.0. The van der Waals surface area contributed by atoms with Crippen LogP contribution in [-0.2, 0) is 27.5 Å². The van der Waals surface area contributed by atoms with Crippen molar-refractivity contribution in [3.8, 4) is 0 Å². The zero-order chi connectivity index (χ0) is 24.8. The van der Waals surface area contributed by atoms with Crippen molar-refractivity contribution in [2.24, 2.45) is 0 Å². The van der Waals surface area contributed by atoms with Gasteiger partial charge in [-0.25, -0.2) is 4.79 Å². The molecule has 0 spiro atoms. The maximum atomic E-state index is 13.0. The summed E-state index contributed by atoms with van der Waals surface area (Å²) in [6.07, 6.45) is -9.47. The van der Waals surface area contributed by atoms with Gasteiger partial charge in [0.05, 0.1) is 16.1 Å². The average molecular weight is 494 g/mol. The summed E-state index contributed by atoms with van der Waals surface area (Å²) in [6, 6.07) is 5.31. The van der Waals surface area contributed by atoms with Crippen LogP contribution in [0.4, 0.5) is 36.8 Å². The summed E-state index contributed by atoms with van der Waals surface area (Å²) in [4.78, 5) is 37.9. The fraction of sp³-hybridized carbons (Fsp3) is 0.250. The normalized spacial score (nSPS) is 19.0. The van der Waals surface area contributed by atoms with Gasteiger partial charge in [0, 0.05) is 5.69 Å². The lowest BCUT2D eigenvalue weighted by atomic mass is 9.90. The minimum atomic E-state index is -4.78. The second kappa shape index (κ2) is 8.25. The number of benzene rings is 2. The van der Waals surface area contributed by atoms with Gasteiger partial charge in [-0.05, 0) is 42.8 Å². The summed E-state index contributed by atoms with van der Waals surface area (Å²) in [5.41, 5.74) is -4.57. The highest BCUT2D eigenvalue weighted by Crippen LogP contribution is 2.37. The number of carbonyl (C=O) groups is 3. The van der Waals surface area contributed by atoms with Gasteiger partial charge < -0.3 is 10.6 Å². The molecular weight excluding hydrogens is 480 g/mol. The quantitative estimate of drug-likeness (QED) is 0.475. The molecule has 1 atom stereocenters. The third-order valence-corrected chi connectivity index (χ3v) is 5.23. The Hall–Kier alpha value is -3.28. The van der Waals surface area contributed by atoms with E-state index in [0.717, 1.165) is 24.3 Å². The van der Waals surface area contributed by atoms with Gasteiger partial charge in [0.15, 0.2) is 0 Å². The van der Waals surface area contributed by atoms with Gasteiger partial charge in [0.1, 0.15) is 12.1 Å². The number of imide groups is 1. The fourth-order valence-electron chi connectivity index (χ4n) is 3.21. The van der Waals surface area contributed by atoms with E-state index in [1.807, 2.05) is 0 Å². The lowest BCUT2D eigenvalue weighted by molar-refractivity contribution is -0.138. The number of urea groups is 1. The smallest absolute Gasteiger partial charge is 0.325 e. The van der Waals surface area contributed by atoms with Crippen molar-refractivity contribution in [1.29, 1.82) is 0 Å². The number of hydrogen-bond donors (Lipinski definition) is 2. The molecule has 1 saturated heterocycles. The zero-order valence-corrected chi connectivity index (χ0v) is 17.3. The summed E-state index contributed by atoms with van der Waals surface area (Å²) in [7, 11) is 0. The van der Waals surface area contributed by atoms with E-state index in [2.05, 4.69) is 10.6 Å². The van der Waals surface area contributed by atoms with Crippen LogP contribution in [0.2, 0.25) is 5.02 Å². The molecule has 0 saturated carbocycles. The van der Waals surface area contributed by atoms with E-state index in [-0.39, 0.29) is 11.3 Å². The molecule has 1 aliphatic heterocycles. The monoisotopic (exact) mass is 493 g/mol. The molecular formula is C20H14ClF6N3O3. The number of nitrogens with one attached hydrogen (secondary N) is 2. The van der Waals surface area contributed by atoms with Gasteiger partial charge in [-0.3, -0.25) is 14.5 Å². The van der Waals surface area contributed by atoms with Crippen molar-refractivity contribution in [2.75, 3.05) is 11.9 Å². The van der Waals surface area contributed by atoms with Crippen LogP contribution in [-0.4, -0.2) is 29.3 Å². The van der Waals surface area contributed by atoms with Crippen molar-refractivity contribution in [3.63, 3.8) is 0 Å². The van der Waals surface area contributed by atoms with E-state index in [0.29, 0.717) is 17.0 Å². The highest BCUT2D eigenvalue weighted by Gasteiger charge is 2.50. The van der Waals surface area contributed by atoms with Crippen molar-refractivity contribution in [1.82, 2.24) is 10.2 Å². The van der Waals surface area contributed by atoms with Crippen LogP contribution < -0.4 is 10.6 Å². The van der Waals surface area contributed by atoms with Gasteiger partial charge in [-0.15, -0.1) is 0 Å². The zero-order valence-electron chi connectivity index (χ0n) is 16.6. The van der Waals surface area contributed by atoms with Gasteiger partial charge >= 0.3 is 18.4 Å². The number of anilines is 1. The maximum Gasteiger partial charge on any atom is 0.417 e. The lowest BCUT2D eigenvalue weighted by Gasteiger charge is -2.23.